The molecule has 0 aliphatic heterocycles. The van der Waals surface area contributed by atoms with Gasteiger partial charge in [0.05, 0.1) is 26.4 Å². The van der Waals surface area contributed by atoms with Gasteiger partial charge in [-0.1, -0.05) is 408 Å². The fourth-order valence-electron chi connectivity index (χ4n) is 13.5. The number of carbonyl (C=O) groups excluding carboxylic acids is 4. The second-order valence-electron chi connectivity index (χ2n) is 32.5. The topological polar surface area (TPSA) is 237 Å². The lowest BCUT2D eigenvalue weighted by Crippen LogP contribution is -2.30. The lowest BCUT2D eigenvalue weighted by Gasteiger charge is -2.21. The average Bonchev–Trinajstić information content (AvgIpc) is 0.900. The molecule has 19 heteroatoms. The van der Waals surface area contributed by atoms with Gasteiger partial charge in [-0.05, 0) is 43.4 Å². The van der Waals surface area contributed by atoms with E-state index in [9.17, 15) is 43.2 Å². The summed E-state index contributed by atoms with van der Waals surface area (Å²) in [4.78, 5) is 73.3. The lowest BCUT2D eigenvalue weighted by molar-refractivity contribution is -0.161. The Kier molecular flexibility index (Phi) is 75.6. The Hall–Kier alpha value is -1.94. The molecule has 17 nitrogen and oxygen atoms in total. The minimum Gasteiger partial charge on any atom is -0.462 e. The van der Waals surface area contributed by atoms with Crippen LogP contribution in [0.3, 0.4) is 0 Å². The highest BCUT2D eigenvalue weighted by molar-refractivity contribution is 7.47. The number of unbranched alkanes of at least 4 members (excludes halogenated alkanes) is 52. The SMILES string of the molecule is CCCCCCCCCCCCCCCCCCCCCCCCC(=O)O[C@H](COC(=O)CCCCCCCCCCCCCCCC(C)C)COP(=O)(O)OC[C@@H](O)COP(=O)(O)OC[C@@H](COC(=O)CCCCCCCCCCC(C)CC)OC(=O)CCCCCCCCCCCCCCCC(C)C. The molecule has 0 aromatic carbocycles. The molecule has 0 radical (unpaired) electrons. The summed E-state index contributed by atoms with van der Waals surface area (Å²) in [6.07, 6.45) is 68.0. The fraction of sp³-hybridized carbons (Fsp3) is 0.954. The van der Waals surface area contributed by atoms with Crippen molar-refractivity contribution in [3.63, 3.8) is 0 Å². The highest BCUT2D eigenvalue weighted by Crippen LogP contribution is 2.45. The van der Waals surface area contributed by atoms with Crippen molar-refractivity contribution in [3.8, 4) is 0 Å². The molecule has 0 saturated carbocycles. The van der Waals surface area contributed by atoms with Gasteiger partial charge in [0.15, 0.2) is 12.2 Å². The summed E-state index contributed by atoms with van der Waals surface area (Å²) < 4.78 is 69.0. The van der Waals surface area contributed by atoms with Gasteiger partial charge in [0, 0.05) is 25.7 Å². The van der Waals surface area contributed by atoms with Gasteiger partial charge in [0.1, 0.15) is 19.3 Å². The third-order valence-electron chi connectivity index (χ3n) is 20.7. The molecule has 0 heterocycles. The van der Waals surface area contributed by atoms with E-state index in [1.165, 1.54) is 270 Å². The van der Waals surface area contributed by atoms with E-state index in [0.717, 1.165) is 108 Å². The molecular weight excluding hydrogens is 1380 g/mol. The number of carbonyl (C=O) groups is 4. The fourth-order valence-corrected chi connectivity index (χ4v) is 15.1. The lowest BCUT2D eigenvalue weighted by atomic mass is 9.99. The highest BCUT2D eigenvalue weighted by Gasteiger charge is 2.31. The summed E-state index contributed by atoms with van der Waals surface area (Å²) in [6, 6.07) is 0. The average molecular weight is 1550 g/mol. The zero-order valence-electron chi connectivity index (χ0n) is 69.9. The third-order valence-corrected chi connectivity index (χ3v) is 22.6. The molecule has 0 saturated heterocycles. The number of esters is 4. The molecule has 0 rings (SSSR count). The van der Waals surface area contributed by atoms with Crippen LogP contribution in [0.2, 0.25) is 0 Å². The van der Waals surface area contributed by atoms with E-state index in [1.807, 2.05) is 0 Å². The predicted molar refractivity (Wildman–Crippen MR) is 437 cm³/mol. The number of rotatable bonds is 85. The summed E-state index contributed by atoms with van der Waals surface area (Å²) in [5.74, 6) is 0.251. The van der Waals surface area contributed by atoms with E-state index in [4.69, 9.17) is 37.0 Å². The molecule has 106 heavy (non-hydrogen) atoms. The maximum atomic E-state index is 13.2. The minimum absolute atomic E-state index is 0.107. The van der Waals surface area contributed by atoms with Crippen LogP contribution in [0.5, 0.6) is 0 Å². The molecular formula is C87H170O17P2. The van der Waals surface area contributed by atoms with Crippen LogP contribution in [0.25, 0.3) is 0 Å². The van der Waals surface area contributed by atoms with Crippen LogP contribution in [0.1, 0.15) is 459 Å². The first-order valence-electron chi connectivity index (χ1n) is 44.9. The van der Waals surface area contributed by atoms with Crippen LogP contribution >= 0.6 is 15.6 Å². The van der Waals surface area contributed by atoms with E-state index in [0.29, 0.717) is 25.7 Å². The quantitative estimate of drug-likeness (QED) is 0.0222. The van der Waals surface area contributed by atoms with Crippen molar-refractivity contribution in [3.05, 3.63) is 0 Å². The second kappa shape index (κ2) is 77.0. The van der Waals surface area contributed by atoms with E-state index < -0.39 is 97.5 Å². The van der Waals surface area contributed by atoms with Crippen LogP contribution < -0.4 is 0 Å². The second-order valence-corrected chi connectivity index (χ2v) is 35.4. The number of aliphatic hydroxyl groups is 1. The van der Waals surface area contributed by atoms with Crippen molar-refractivity contribution in [1.29, 1.82) is 0 Å². The van der Waals surface area contributed by atoms with Crippen molar-refractivity contribution in [2.75, 3.05) is 39.6 Å². The summed E-state index contributed by atoms with van der Waals surface area (Å²) in [7, 11) is -9.93. The molecule has 0 bridgehead atoms. The van der Waals surface area contributed by atoms with Crippen LogP contribution in [0.4, 0.5) is 0 Å². The highest BCUT2D eigenvalue weighted by atomic mass is 31.2. The van der Waals surface area contributed by atoms with Crippen molar-refractivity contribution >= 4 is 39.5 Å². The van der Waals surface area contributed by atoms with Gasteiger partial charge in [-0.25, -0.2) is 9.13 Å². The van der Waals surface area contributed by atoms with E-state index in [2.05, 4.69) is 48.5 Å². The molecule has 0 aliphatic rings. The van der Waals surface area contributed by atoms with Gasteiger partial charge in [0.25, 0.3) is 0 Å². The molecule has 0 aliphatic carbocycles. The zero-order chi connectivity index (χ0) is 77.9. The summed E-state index contributed by atoms with van der Waals surface area (Å²) in [5, 5.41) is 10.7. The van der Waals surface area contributed by atoms with Gasteiger partial charge >= 0.3 is 39.5 Å². The summed E-state index contributed by atoms with van der Waals surface area (Å²) >= 11 is 0. The monoisotopic (exact) mass is 1550 g/mol. The van der Waals surface area contributed by atoms with Gasteiger partial charge in [-0.2, -0.15) is 0 Å². The first-order valence-corrected chi connectivity index (χ1v) is 47.9. The summed E-state index contributed by atoms with van der Waals surface area (Å²) in [5.41, 5.74) is 0. The minimum atomic E-state index is -4.97. The maximum absolute atomic E-state index is 13.2. The molecule has 0 amide bonds. The number of phosphoric ester groups is 2. The normalized spacial score (nSPS) is 14.1. The van der Waals surface area contributed by atoms with Gasteiger partial charge in [-0.15, -0.1) is 0 Å². The third kappa shape index (κ3) is 78.7. The smallest absolute Gasteiger partial charge is 0.462 e. The first kappa shape index (κ1) is 104. The molecule has 630 valence electrons. The van der Waals surface area contributed by atoms with Gasteiger partial charge < -0.3 is 33.8 Å². The van der Waals surface area contributed by atoms with Crippen LogP contribution in [-0.2, 0) is 65.4 Å². The number of phosphoric acid groups is 2. The molecule has 3 unspecified atom stereocenters. The zero-order valence-corrected chi connectivity index (χ0v) is 71.7. The number of hydrogen-bond donors (Lipinski definition) is 3. The summed E-state index contributed by atoms with van der Waals surface area (Å²) in [6.45, 7) is 12.0. The Morgan fingerprint density at radius 3 is 0.717 bits per heavy atom. The molecule has 0 aromatic rings. The molecule has 6 atom stereocenters. The standard InChI is InChI=1S/C87H170O17P2/c1-8-10-11-12-13-14-15-16-17-18-19-20-21-22-23-24-29-35-40-49-56-63-70-86(91)103-82(74-97-84(89)68-61-54-47-39-34-30-25-27-32-37-44-51-58-65-78(3)4)76-101-105(93,94)99-72-81(88)73-100-106(95,96)102-77-83(75-98-85(90)69-62-55-48-43-42-46-53-60-67-80(7)9-2)104-87(92)71-64-57-50-41-36-31-26-28-33-38-45-52-59-66-79(5)6/h78-83,88H,8-77H2,1-7H3,(H,93,94)(H,95,96)/t80?,81-,82-,83-/m1/s1. The van der Waals surface area contributed by atoms with Crippen molar-refractivity contribution in [1.82, 2.24) is 0 Å². The van der Waals surface area contributed by atoms with E-state index >= 15 is 0 Å². The molecule has 0 aromatic heterocycles. The van der Waals surface area contributed by atoms with Crippen molar-refractivity contribution < 1.29 is 80.2 Å². The molecule has 0 spiro atoms. The predicted octanol–water partition coefficient (Wildman–Crippen LogP) is 26.5. The number of aliphatic hydroxyl groups excluding tert-OH is 1. The van der Waals surface area contributed by atoms with Crippen LogP contribution in [-0.4, -0.2) is 96.7 Å². The van der Waals surface area contributed by atoms with Crippen molar-refractivity contribution in [2.45, 2.75) is 478 Å². The van der Waals surface area contributed by atoms with Crippen LogP contribution in [0, 0.1) is 17.8 Å². The Labute approximate surface area is 651 Å². The van der Waals surface area contributed by atoms with Crippen molar-refractivity contribution in [2.24, 2.45) is 17.8 Å². The molecule has 3 N–H and O–H groups in total. The Balaban J connectivity index is 5.25. The number of ether oxygens (including phenoxy) is 4. The Morgan fingerprint density at radius 1 is 0.274 bits per heavy atom. The number of hydrogen-bond acceptors (Lipinski definition) is 15. The van der Waals surface area contributed by atoms with E-state index in [-0.39, 0.29) is 25.7 Å². The first-order chi connectivity index (χ1) is 51.3. The van der Waals surface area contributed by atoms with E-state index in [1.54, 1.807) is 0 Å². The Bertz CT molecular complexity index is 2050. The van der Waals surface area contributed by atoms with Gasteiger partial charge in [-0.3, -0.25) is 37.3 Å². The Morgan fingerprint density at radius 2 is 0.481 bits per heavy atom. The van der Waals surface area contributed by atoms with Gasteiger partial charge in [0.2, 0.25) is 0 Å². The molecule has 0 fully saturated rings. The maximum Gasteiger partial charge on any atom is 0.472 e. The van der Waals surface area contributed by atoms with Crippen LogP contribution in [0.15, 0.2) is 0 Å². The largest absolute Gasteiger partial charge is 0.472 e.